The average Bonchev–Trinajstić information content (AvgIpc) is 3.21. The summed E-state index contributed by atoms with van der Waals surface area (Å²) >= 11 is 0. The van der Waals surface area contributed by atoms with Crippen LogP contribution in [0.25, 0.3) is 10.9 Å². The standard InChI is InChI=1S/C26H25FN4O2/c27-18-4-7-24-21(13-18)17(14-31-24)8-11-30-23-3-1-2-16-12-19(5-6-20(16)23)33-25-9-10-29-15-22(25)26(28)32/h4-7,9-10,12-15,23,30-31H,1-3,8,11H2,(H2,28,32). The van der Waals surface area contributed by atoms with Crippen LogP contribution in [0.5, 0.6) is 11.5 Å². The highest BCUT2D eigenvalue weighted by atomic mass is 19.1. The van der Waals surface area contributed by atoms with E-state index >= 15 is 0 Å². The van der Waals surface area contributed by atoms with E-state index < -0.39 is 5.91 Å². The van der Waals surface area contributed by atoms with Gasteiger partial charge >= 0.3 is 0 Å². The second-order valence-corrected chi connectivity index (χ2v) is 8.35. The number of pyridine rings is 1. The van der Waals surface area contributed by atoms with Crippen LogP contribution < -0.4 is 15.8 Å². The number of nitrogens with zero attached hydrogens (tertiary/aromatic N) is 1. The fourth-order valence-electron chi connectivity index (χ4n) is 4.59. The van der Waals surface area contributed by atoms with Gasteiger partial charge in [0.25, 0.3) is 5.91 Å². The number of nitrogens with one attached hydrogen (secondary N) is 2. The molecule has 1 aliphatic rings. The first-order chi connectivity index (χ1) is 16.1. The summed E-state index contributed by atoms with van der Waals surface area (Å²) in [5.41, 5.74) is 10.3. The summed E-state index contributed by atoms with van der Waals surface area (Å²) < 4.78 is 19.6. The molecular weight excluding hydrogens is 419 g/mol. The van der Waals surface area contributed by atoms with Crippen LogP contribution in [0.2, 0.25) is 0 Å². The van der Waals surface area contributed by atoms with Crippen LogP contribution in [0.4, 0.5) is 4.39 Å². The summed E-state index contributed by atoms with van der Waals surface area (Å²) in [6.45, 7) is 0.796. The second-order valence-electron chi connectivity index (χ2n) is 8.35. The predicted octanol–water partition coefficient (Wildman–Crippen LogP) is 4.80. The van der Waals surface area contributed by atoms with Gasteiger partial charge in [-0.2, -0.15) is 0 Å². The number of hydrogen-bond acceptors (Lipinski definition) is 4. The lowest BCUT2D eigenvalue weighted by Gasteiger charge is -2.27. The van der Waals surface area contributed by atoms with Gasteiger partial charge in [0.15, 0.2) is 0 Å². The number of halogens is 1. The number of aromatic nitrogens is 2. The van der Waals surface area contributed by atoms with E-state index in [1.54, 1.807) is 24.4 Å². The molecule has 1 atom stereocenters. The van der Waals surface area contributed by atoms with E-state index in [2.05, 4.69) is 21.4 Å². The topological polar surface area (TPSA) is 93.0 Å². The SMILES string of the molecule is NC(=O)c1cnccc1Oc1ccc2c(c1)CCCC2NCCc1c[nH]c2ccc(F)cc12. The van der Waals surface area contributed by atoms with Gasteiger partial charge in [-0.3, -0.25) is 9.78 Å². The van der Waals surface area contributed by atoms with Crippen LogP contribution in [-0.4, -0.2) is 22.4 Å². The zero-order chi connectivity index (χ0) is 22.8. The molecule has 2 aromatic carbocycles. The van der Waals surface area contributed by atoms with Gasteiger partial charge in [0, 0.05) is 35.5 Å². The molecule has 0 radical (unpaired) electrons. The van der Waals surface area contributed by atoms with Gasteiger partial charge in [-0.15, -0.1) is 0 Å². The number of ether oxygens (including phenoxy) is 1. The number of primary amides is 1. The van der Waals surface area contributed by atoms with E-state index in [1.807, 2.05) is 18.3 Å². The normalized spacial score (nSPS) is 15.4. The van der Waals surface area contributed by atoms with Gasteiger partial charge in [-0.05, 0) is 85.3 Å². The predicted molar refractivity (Wildman–Crippen MR) is 125 cm³/mol. The molecule has 5 rings (SSSR count). The number of benzene rings is 2. The molecule has 1 unspecified atom stereocenters. The molecule has 33 heavy (non-hydrogen) atoms. The molecular formula is C26H25FN4O2. The fraction of sp³-hybridized carbons (Fsp3) is 0.231. The molecule has 2 aromatic heterocycles. The third-order valence-corrected chi connectivity index (χ3v) is 6.22. The number of hydrogen-bond donors (Lipinski definition) is 3. The van der Waals surface area contributed by atoms with E-state index in [0.717, 1.165) is 48.7 Å². The monoisotopic (exact) mass is 444 g/mol. The van der Waals surface area contributed by atoms with E-state index in [9.17, 15) is 9.18 Å². The van der Waals surface area contributed by atoms with E-state index in [-0.39, 0.29) is 17.4 Å². The van der Waals surface area contributed by atoms with Crippen molar-refractivity contribution in [3.8, 4) is 11.5 Å². The van der Waals surface area contributed by atoms with Gasteiger partial charge in [-0.1, -0.05) is 6.07 Å². The highest BCUT2D eigenvalue weighted by molar-refractivity contribution is 5.95. The Morgan fingerprint density at radius 1 is 1.24 bits per heavy atom. The maximum absolute atomic E-state index is 13.6. The van der Waals surface area contributed by atoms with Crippen molar-refractivity contribution in [2.24, 2.45) is 5.73 Å². The van der Waals surface area contributed by atoms with Crippen molar-refractivity contribution in [3.05, 3.63) is 89.1 Å². The Labute approximate surface area is 191 Å². The van der Waals surface area contributed by atoms with Crippen LogP contribution in [0, 0.1) is 5.82 Å². The third-order valence-electron chi connectivity index (χ3n) is 6.22. The Balaban J connectivity index is 1.28. The Kier molecular flexibility index (Phi) is 5.79. The molecule has 0 fully saturated rings. The minimum absolute atomic E-state index is 0.217. The van der Waals surface area contributed by atoms with Gasteiger partial charge in [0.05, 0.1) is 0 Å². The smallest absolute Gasteiger partial charge is 0.254 e. The van der Waals surface area contributed by atoms with Gasteiger partial charge in [-0.25, -0.2) is 4.39 Å². The number of fused-ring (bicyclic) bond motifs is 2. The third kappa shape index (κ3) is 4.45. The first-order valence-electron chi connectivity index (χ1n) is 11.1. The van der Waals surface area contributed by atoms with Crippen molar-refractivity contribution in [1.82, 2.24) is 15.3 Å². The van der Waals surface area contributed by atoms with E-state index in [0.29, 0.717) is 11.5 Å². The highest BCUT2D eigenvalue weighted by Gasteiger charge is 2.21. The van der Waals surface area contributed by atoms with Crippen molar-refractivity contribution < 1.29 is 13.9 Å². The van der Waals surface area contributed by atoms with Gasteiger partial charge in [0.2, 0.25) is 0 Å². The zero-order valence-electron chi connectivity index (χ0n) is 18.1. The van der Waals surface area contributed by atoms with Gasteiger partial charge < -0.3 is 20.8 Å². The summed E-state index contributed by atoms with van der Waals surface area (Å²) in [6.07, 6.45) is 8.88. The molecule has 0 saturated heterocycles. The number of aromatic amines is 1. The fourth-order valence-corrected chi connectivity index (χ4v) is 4.59. The number of amides is 1. The van der Waals surface area contributed by atoms with Crippen LogP contribution in [-0.2, 0) is 12.8 Å². The van der Waals surface area contributed by atoms with Crippen molar-refractivity contribution in [2.45, 2.75) is 31.7 Å². The van der Waals surface area contributed by atoms with Crippen LogP contribution in [0.1, 0.15) is 45.9 Å². The molecule has 6 nitrogen and oxygen atoms in total. The molecule has 2 heterocycles. The van der Waals surface area contributed by atoms with Crippen molar-refractivity contribution in [2.75, 3.05) is 6.54 Å². The average molecular weight is 445 g/mol. The van der Waals surface area contributed by atoms with Crippen molar-refractivity contribution in [3.63, 3.8) is 0 Å². The van der Waals surface area contributed by atoms with Crippen LogP contribution in [0.15, 0.2) is 61.1 Å². The Bertz CT molecular complexity index is 1320. The first kappa shape index (κ1) is 21.2. The molecule has 0 spiro atoms. The molecule has 1 aliphatic carbocycles. The maximum Gasteiger partial charge on any atom is 0.254 e. The minimum Gasteiger partial charge on any atom is -0.456 e. The van der Waals surface area contributed by atoms with Crippen molar-refractivity contribution in [1.29, 1.82) is 0 Å². The molecule has 0 bridgehead atoms. The highest BCUT2D eigenvalue weighted by Crippen LogP contribution is 2.34. The number of aryl methyl sites for hydroxylation is 1. The Hall–Kier alpha value is -3.71. The lowest BCUT2D eigenvalue weighted by molar-refractivity contribution is 0.0997. The molecule has 4 aromatic rings. The summed E-state index contributed by atoms with van der Waals surface area (Å²) in [5, 5.41) is 4.61. The molecule has 0 aliphatic heterocycles. The Morgan fingerprint density at radius 2 is 2.15 bits per heavy atom. The summed E-state index contributed by atoms with van der Waals surface area (Å²) in [4.78, 5) is 18.8. The maximum atomic E-state index is 13.6. The summed E-state index contributed by atoms with van der Waals surface area (Å²) in [7, 11) is 0. The largest absolute Gasteiger partial charge is 0.456 e. The van der Waals surface area contributed by atoms with Gasteiger partial charge in [0.1, 0.15) is 22.9 Å². The number of carbonyl (C=O) groups excluding carboxylic acids is 1. The zero-order valence-corrected chi connectivity index (χ0v) is 18.1. The summed E-state index contributed by atoms with van der Waals surface area (Å²) in [5.74, 6) is 0.283. The minimum atomic E-state index is -0.571. The second kappa shape index (κ2) is 9.03. The Morgan fingerprint density at radius 3 is 3.03 bits per heavy atom. The molecule has 0 saturated carbocycles. The number of H-pyrrole nitrogens is 1. The number of nitrogens with two attached hydrogens (primary N) is 1. The lowest BCUT2D eigenvalue weighted by Crippen LogP contribution is -2.27. The van der Waals surface area contributed by atoms with Crippen LogP contribution >= 0.6 is 0 Å². The summed E-state index contributed by atoms with van der Waals surface area (Å²) in [6, 6.07) is 12.8. The number of rotatable bonds is 7. The first-order valence-corrected chi connectivity index (χ1v) is 11.1. The molecule has 1 amide bonds. The quantitative estimate of drug-likeness (QED) is 0.382. The van der Waals surface area contributed by atoms with Crippen molar-refractivity contribution >= 4 is 16.8 Å². The molecule has 4 N–H and O–H groups in total. The number of carbonyl (C=O) groups is 1. The van der Waals surface area contributed by atoms with Crippen LogP contribution in [0.3, 0.4) is 0 Å². The molecule has 168 valence electrons. The van der Waals surface area contributed by atoms with E-state index in [4.69, 9.17) is 10.5 Å². The van der Waals surface area contributed by atoms with E-state index in [1.165, 1.54) is 23.4 Å². The lowest BCUT2D eigenvalue weighted by atomic mass is 9.87. The molecule has 7 heteroatoms.